The Morgan fingerprint density at radius 2 is 1.73 bits per heavy atom. The summed E-state index contributed by atoms with van der Waals surface area (Å²) in [5, 5.41) is 8.93. The number of hydrogen-bond acceptors (Lipinski definition) is 5. The lowest BCUT2D eigenvalue weighted by molar-refractivity contribution is -0.138. The Kier molecular flexibility index (Phi) is 6.71. The zero-order chi connectivity index (χ0) is 21.7. The molecule has 0 saturated heterocycles. The van der Waals surface area contributed by atoms with Gasteiger partial charge in [0.05, 0.1) is 19.8 Å². The first-order chi connectivity index (χ1) is 14.4. The topological polar surface area (TPSA) is 49.2 Å². The van der Waals surface area contributed by atoms with E-state index in [0.717, 1.165) is 6.07 Å². The summed E-state index contributed by atoms with van der Waals surface area (Å²) in [5.74, 6) is 1.82. The maximum Gasteiger partial charge on any atom is 0.416 e. The van der Waals surface area contributed by atoms with Gasteiger partial charge in [-0.3, -0.25) is 4.57 Å². The summed E-state index contributed by atoms with van der Waals surface area (Å²) in [7, 11) is 3.10. The number of aromatic nitrogens is 3. The van der Waals surface area contributed by atoms with Crippen LogP contribution < -0.4 is 9.47 Å². The number of rotatable bonds is 8. The van der Waals surface area contributed by atoms with Gasteiger partial charge in [-0.15, -0.1) is 16.8 Å². The Bertz CT molecular complexity index is 1010. The van der Waals surface area contributed by atoms with Gasteiger partial charge >= 0.3 is 6.18 Å². The van der Waals surface area contributed by atoms with Crippen LogP contribution in [-0.4, -0.2) is 29.0 Å². The van der Waals surface area contributed by atoms with Crippen LogP contribution in [0, 0.1) is 0 Å². The third-order valence-electron chi connectivity index (χ3n) is 4.32. The molecule has 0 aliphatic heterocycles. The van der Waals surface area contributed by atoms with Crippen molar-refractivity contribution in [1.82, 2.24) is 14.8 Å². The van der Waals surface area contributed by atoms with E-state index in [1.165, 1.54) is 23.9 Å². The van der Waals surface area contributed by atoms with Gasteiger partial charge < -0.3 is 9.47 Å². The SMILES string of the molecule is C=CCn1c(SCc2ccccc2C(F)(F)F)nnc1-c1cc(OC)cc(OC)c1. The molecule has 3 aromatic rings. The van der Waals surface area contributed by atoms with Crippen LogP contribution in [0.5, 0.6) is 11.5 Å². The molecule has 1 heterocycles. The number of benzene rings is 2. The van der Waals surface area contributed by atoms with Crippen LogP contribution in [-0.2, 0) is 18.5 Å². The highest BCUT2D eigenvalue weighted by Gasteiger charge is 2.33. The van der Waals surface area contributed by atoms with Gasteiger partial charge in [-0.25, -0.2) is 0 Å². The van der Waals surface area contributed by atoms with Crippen molar-refractivity contribution >= 4 is 11.8 Å². The number of hydrogen-bond donors (Lipinski definition) is 0. The van der Waals surface area contributed by atoms with Crippen molar-refractivity contribution in [2.75, 3.05) is 14.2 Å². The standard InChI is InChI=1S/C21H20F3N3O2S/c1-4-9-27-19(15-10-16(28-2)12-17(11-15)29-3)25-26-20(27)30-13-14-7-5-6-8-18(14)21(22,23)24/h4-8,10-12H,1,9,13H2,2-3H3. The lowest BCUT2D eigenvalue weighted by Crippen LogP contribution is -2.08. The molecule has 3 rings (SSSR count). The zero-order valence-corrected chi connectivity index (χ0v) is 17.3. The van der Waals surface area contributed by atoms with E-state index in [4.69, 9.17) is 9.47 Å². The monoisotopic (exact) mass is 435 g/mol. The molecule has 0 radical (unpaired) electrons. The summed E-state index contributed by atoms with van der Waals surface area (Å²) >= 11 is 1.18. The summed E-state index contributed by atoms with van der Waals surface area (Å²) in [6, 6.07) is 10.8. The van der Waals surface area contributed by atoms with Gasteiger partial charge in [0.1, 0.15) is 11.5 Å². The molecular formula is C21H20F3N3O2S. The molecule has 9 heteroatoms. The Morgan fingerprint density at radius 1 is 1.07 bits per heavy atom. The second-order valence-corrected chi connectivity index (χ2v) is 7.19. The Morgan fingerprint density at radius 3 is 2.33 bits per heavy atom. The molecule has 0 spiro atoms. The number of halogens is 3. The highest BCUT2D eigenvalue weighted by molar-refractivity contribution is 7.98. The number of thioether (sulfide) groups is 1. The van der Waals surface area contributed by atoms with E-state index in [1.54, 1.807) is 49.1 Å². The van der Waals surface area contributed by atoms with Gasteiger partial charge in [-0.05, 0) is 23.8 Å². The normalized spacial score (nSPS) is 11.4. The Balaban J connectivity index is 1.94. The van der Waals surface area contributed by atoms with Crippen LogP contribution in [0.1, 0.15) is 11.1 Å². The van der Waals surface area contributed by atoms with Gasteiger partial charge in [0.25, 0.3) is 0 Å². The number of alkyl halides is 3. The largest absolute Gasteiger partial charge is 0.497 e. The molecule has 0 unspecified atom stereocenters. The predicted molar refractivity (Wildman–Crippen MR) is 110 cm³/mol. The fourth-order valence-corrected chi connectivity index (χ4v) is 3.86. The smallest absolute Gasteiger partial charge is 0.416 e. The zero-order valence-electron chi connectivity index (χ0n) is 16.4. The van der Waals surface area contributed by atoms with E-state index in [1.807, 2.05) is 0 Å². The molecule has 5 nitrogen and oxygen atoms in total. The fraction of sp³-hybridized carbons (Fsp3) is 0.238. The first-order valence-corrected chi connectivity index (χ1v) is 9.91. The van der Waals surface area contributed by atoms with Crippen molar-refractivity contribution in [2.45, 2.75) is 23.6 Å². The van der Waals surface area contributed by atoms with E-state index in [2.05, 4.69) is 16.8 Å². The van der Waals surface area contributed by atoms with Crippen LogP contribution in [0.2, 0.25) is 0 Å². The molecule has 0 aliphatic rings. The summed E-state index contributed by atoms with van der Waals surface area (Å²) < 4.78 is 52.2. The lowest BCUT2D eigenvalue weighted by Gasteiger charge is -2.13. The minimum atomic E-state index is -4.41. The van der Waals surface area contributed by atoms with Crippen molar-refractivity contribution in [3.63, 3.8) is 0 Å². The molecule has 0 saturated carbocycles. The van der Waals surface area contributed by atoms with Crippen LogP contribution in [0.25, 0.3) is 11.4 Å². The Hall–Kier alpha value is -2.94. The quantitative estimate of drug-likeness (QED) is 0.347. The lowest BCUT2D eigenvalue weighted by atomic mass is 10.1. The fourth-order valence-electron chi connectivity index (χ4n) is 2.90. The molecular weight excluding hydrogens is 415 g/mol. The summed E-state index contributed by atoms with van der Waals surface area (Å²) in [4.78, 5) is 0. The van der Waals surface area contributed by atoms with Crippen molar-refractivity contribution < 1.29 is 22.6 Å². The molecule has 158 valence electrons. The average Bonchev–Trinajstić information content (AvgIpc) is 3.14. The first kappa shape index (κ1) is 21.8. The second kappa shape index (κ2) is 9.25. The minimum absolute atomic E-state index is 0.104. The van der Waals surface area contributed by atoms with Gasteiger partial charge in [0, 0.05) is 23.9 Å². The molecule has 30 heavy (non-hydrogen) atoms. The molecule has 1 aromatic heterocycles. The van der Waals surface area contributed by atoms with E-state index in [-0.39, 0.29) is 11.3 Å². The number of allylic oxidation sites excluding steroid dienone is 1. The average molecular weight is 435 g/mol. The van der Waals surface area contributed by atoms with Gasteiger partial charge in [0.15, 0.2) is 11.0 Å². The maximum absolute atomic E-state index is 13.3. The number of ether oxygens (including phenoxy) is 2. The number of methoxy groups -OCH3 is 2. The van der Waals surface area contributed by atoms with Crippen molar-refractivity contribution in [3.05, 3.63) is 66.2 Å². The summed E-state index contributed by atoms with van der Waals surface area (Å²) in [6.07, 6.45) is -2.73. The third kappa shape index (κ3) is 4.79. The second-order valence-electron chi connectivity index (χ2n) is 6.25. The third-order valence-corrected chi connectivity index (χ3v) is 5.33. The van der Waals surface area contributed by atoms with E-state index in [0.29, 0.717) is 34.6 Å². The highest BCUT2D eigenvalue weighted by atomic mass is 32.2. The van der Waals surface area contributed by atoms with Crippen LogP contribution in [0.15, 0.2) is 60.3 Å². The summed E-state index contributed by atoms with van der Waals surface area (Å²) in [6.45, 7) is 4.15. The van der Waals surface area contributed by atoms with Crippen molar-refractivity contribution in [1.29, 1.82) is 0 Å². The van der Waals surface area contributed by atoms with Crippen molar-refractivity contribution in [2.24, 2.45) is 0 Å². The van der Waals surface area contributed by atoms with Gasteiger partial charge in [-0.1, -0.05) is 36.0 Å². The van der Waals surface area contributed by atoms with Crippen LogP contribution >= 0.6 is 11.8 Å². The minimum Gasteiger partial charge on any atom is -0.497 e. The predicted octanol–water partition coefficient (Wildman–Crippen LogP) is 5.46. The molecule has 0 aliphatic carbocycles. The first-order valence-electron chi connectivity index (χ1n) is 8.92. The van der Waals surface area contributed by atoms with Gasteiger partial charge in [0.2, 0.25) is 0 Å². The Labute approximate surface area is 176 Å². The van der Waals surface area contributed by atoms with E-state index in [9.17, 15) is 13.2 Å². The van der Waals surface area contributed by atoms with Crippen molar-refractivity contribution in [3.8, 4) is 22.9 Å². The molecule has 0 atom stereocenters. The van der Waals surface area contributed by atoms with E-state index < -0.39 is 11.7 Å². The maximum atomic E-state index is 13.3. The van der Waals surface area contributed by atoms with Crippen LogP contribution in [0.3, 0.4) is 0 Å². The summed E-state index contributed by atoms with van der Waals surface area (Å²) in [5.41, 5.74) is 0.251. The molecule has 0 amide bonds. The molecule has 2 aromatic carbocycles. The van der Waals surface area contributed by atoms with Crippen LogP contribution in [0.4, 0.5) is 13.2 Å². The molecule has 0 N–H and O–H groups in total. The molecule has 0 fully saturated rings. The number of nitrogens with zero attached hydrogens (tertiary/aromatic N) is 3. The van der Waals surface area contributed by atoms with E-state index >= 15 is 0 Å². The molecule has 0 bridgehead atoms. The van der Waals surface area contributed by atoms with Gasteiger partial charge in [-0.2, -0.15) is 13.2 Å². The highest BCUT2D eigenvalue weighted by Crippen LogP contribution is 2.36.